The van der Waals surface area contributed by atoms with E-state index in [1.165, 1.54) is 0 Å². The fourth-order valence-electron chi connectivity index (χ4n) is 2.26. The van der Waals surface area contributed by atoms with E-state index in [0.717, 1.165) is 22.0 Å². The van der Waals surface area contributed by atoms with E-state index in [4.69, 9.17) is 0 Å². The molecule has 0 aliphatic heterocycles. The second kappa shape index (κ2) is 5.13. The van der Waals surface area contributed by atoms with Crippen molar-refractivity contribution < 1.29 is 10.2 Å². The highest BCUT2D eigenvalue weighted by Crippen LogP contribution is 2.30. The van der Waals surface area contributed by atoms with E-state index in [-0.39, 0.29) is 11.5 Å². The fraction of sp³-hybridized carbons (Fsp3) is 0.0588. The molecule has 0 fully saturated rings. The molecule has 3 N–H and O–H groups in total. The highest BCUT2D eigenvalue weighted by molar-refractivity contribution is 5.97. The van der Waals surface area contributed by atoms with Crippen LogP contribution >= 0.6 is 0 Å². The van der Waals surface area contributed by atoms with Crippen molar-refractivity contribution in [3.8, 4) is 11.5 Å². The third-order valence-corrected chi connectivity index (χ3v) is 3.32. The number of phenolic OH excluding ortho intramolecular Hbond substituents is 2. The van der Waals surface area contributed by atoms with Gasteiger partial charge >= 0.3 is 0 Å². The Hall–Kier alpha value is -2.68. The average Bonchev–Trinajstić information content (AvgIpc) is 2.47. The zero-order valence-corrected chi connectivity index (χ0v) is 10.9. The monoisotopic (exact) mass is 265 g/mol. The van der Waals surface area contributed by atoms with Crippen molar-refractivity contribution in [3.63, 3.8) is 0 Å². The molecule has 0 spiro atoms. The highest BCUT2D eigenvalue weighted by Gasteiger charge is 2.03. The molecule has 3 aromatic rings. The summed E-state index contributed by atoms with van der Waals surface area (Å²) in [4.78, 5) is 0. The van der Waals surface area contributed by atoms with Crippen molar-refractivity contribution in [3.05, 3.63) is 66.2 Å². The number of hydrogen-bond acceptors (Lipinski definition) is 3. The molecule has 3 rings (SSSR count). The second-order valence-electron chi connectivity index (χ2n) is 4.70. The van der Waals surface area contributed by atoms with Crippen molar-refractivity contribution in [2.24, 2.45) is 0 Å². The molecule has 20 heavy (non-hydrogen) atoms. The van der Waals surface area contributed by atoms with E-state index in [0.29, 0.717) is 6.54 Å². The van der Waals surface area contributed by atoms with E-state index in [1.54, 1.807) is 18.2 Å². The summed E-state index contributed by atoms with van der Waals surface area (Å²) in [5.74, 6) is 0.555. The lowest BCUT2D eigenvalue weighted by atomic mass is 10.1. The predicted octanol–water partition coefficient (Wildman–Crippen LogP) is 3.86. The van der Waals surface area contributed by atoms with Gasteiger partial charge in [-0.25, -0.2) is 0 Å². The largest absolute Gasteiger partial charge is 0.508 e. The van der Waals surface area contributed by atoms with Gasteiger partial charge in [-0.1, -0.05) is 36.4 Å². The zero-order chi connectivity index (χ0) is 13.9. The molecular weight excluding hydrogens is 250 g/mol. The molecule has 3 nitrogen and oxygen atoms in total. The lowest BCUT2D eigenvalue weighted by molar-refractivity contribution is 0.475. The van der Waals surface area contributed by atoms with Crippen molar-refractivity contribution in [1.29, 1.82) is 0 Å². The number of nitrogens with one attached hydrogen (secondary N) is 1. The van der Waals surface area contributed by atoms with Crippen molar-refractivity contribution >= 4 is 16.5 Å². The fourth-order valence-corrected chi connectivity index (χ4v) is 2.26. The Kier molecular flexibility index (Phi) is 3.17. The molecule has 0 saturated heterocycles. The van der Waals surface area contributed by atoms with Gasteiger partial charge in [0.05, 0.1) is 0 Å². The van der Waals surface area contributed by atoms with E-state index in [1.807, 2.05) is 42.5 Å². The smallest absolute Gasteiger partial charge is 0.123 e. The molecule has 0 aliphatic rings. The minimum atomic E-state index is 0.267. The number of hydrogen-bond donors (Lipinski definition) is 3. The van der Waals surface area contributed by atoms with Gasteiger partial charge in [0, 0.05) is 23.0 Å². The first kappa shape index (κ1) is 12.4. The molecule has 0 aromatic heterocycles. The summed E-state index contributed by atoms with van der Waals surface area (Å²) in [6.07, 6.45) is 0. The maximum Gasteiger partial charge on any atom is 0.123 e. The number of phenols is 2. The lowest BCUT2D eigenvalue weighted by Gasteiger charge is -2.10. The van der Waals surface area contributed by atoms with Crippen LogP contribution in [0.5, 0.6) is 11.5 Å². The summed E-state index contributed by atoms with van der Waals surface area (Å²) >= 11 is 0. The Morgan fingerprint density at radius 2 is 1.45 bits per heavy atom. The molecule has 0 radical (unpaired) electrons. The quantitative estimate of drug-likeness (QED) is 0.674. The number of anilines is 1. The van der Waals surface area contributed by atoms with E-state index < -0.39 is 0 Å². The Morgan fingerprint density at radius 1 is 0.750 bits per heavy atom. The summed E-state index contributed by atoms with van der Waals surface area (Å²) in [5.41, 5.74) is 2.06. The first-order valence-electron chi connectivity index (χ1n) is 6.46. The number of aromatic hydroxyl groups is 2. The SMILES string of the molecule is Oc1ccc(CNc2cccc3c(O)cccc23)cc1. The Labute approximate surface area is 117 Å². The zero-order valence-electron chi connectivity index (χ0n) is 10.9. The molecule has 3 heteroatoms. The van der Waals surface area contributed by atoms with Gasteiger partial charge in [-0.3, -0.25) is 0 Å². The third kappa shape index (κ3) is 2.38. The molecule has 0 heterocycles. The molecule has 100 valence electrons. The van der Waals surface area contributed by atoms with Gasteiger partial charge in [0.2, 0.25) is 0 Å². The molecule has 0 atom stereocenters. The molecule has 3 aromatic carbocycles. The lowest BCUT2D eigenvalue weighted by Crippen LogP contribution is -1.99. The van der Waals surface area contributed by atoms with E-state index in [9.17, 15) is 10.2 Å². The third-order valence-electron chi connectivity index (χ3n) is 3.32. The summed E-state index contributed by atoms with van der Waals surface area (Å²) < 4.78 is 0. The summed E-state index contributed by atoms with van der Waals surface area (Å²) in [5, 5.41) is 24.3. The van der Waals surface area contributed by atoms with Crippen LogP contribution in [0.25, 0.3) is 10.8 Å². The van der Waals surface area contributed by atoms with Crippen LogP contribution in [-0.2, 0) is 6.54 Å². The Bertz CT molecular complexity index is 736. The van der Waals surface area contributed by atoms with Crippen LogP contribution in [0.2, 0.25) is 0 Å². The normalized spacial score (nSPS) is 10.6. The van der Waals surface area contributed by atoms with Crippen molar-refractivity contribution in [2.45, 2.75) is 6.54 Å². The van der Waals surface area contributed by atoms with Crippen LogP contribution in [0.1, 0.15) is 5.56 Å². The van der Waals surface area contributed by atoms with E-state index in [2.05, 4.69) is 5.32 Å². The minimum Gasteiger partial charge on any atom is -0.508 e. The van der Waals surface area contributed by atoms with Crippen LogP contribution in [0.15, 0.2) is 60.7 Å². The minimum absolute atomic E-state index is 0.267. The van der Waals surface area contributed by atoms with Crippen LogP contribution in [0.3, 0.4) is 0 Å². The van der Waals surface area contributed by atoms with Crippen molar-refractivity contribution in [2.75, 3.05) is 5.32 Å². The Morgan fingerprint density at radius 3 is 2.25 bits per heavy atom. The summed E-state index contributed by atoms with van der Waals surface area (Å²) in [6, 6.07) is 18.4. The standard InChI is InChI=1S/C17H15NO2/c19-13-9-7-12(8-10-13)11-18-16-5-1-4-15-14(16)3-2-6-17(15)20/h1-10,18-20H,11H2. The molecule has 0 bridgehead atoms. The second-order valence-corrected chi connectivity index (χ2v) is 4.70. The number of fused-ring (bicyclic) bond motifs is 1. The van der Waals surface area contributed by atoms with Crippen LogP contribution in [0.4, 0.5) is 5.69 Å². The van der Waals surface area contributed by atoms with Crippen molar-refractivity contribution in [1.82, 2.24) is 0 Å². The molecule has 0 aliphatic carbocycles. The molecule has 0 saturated carbocycles. The maximum absolute atomic E-state index is 9.86. The van der Waals surface area contributed by atoms with Gasteiger partial charge in [0.15, 0.2) is 0 Å². The van der Waals surface area contributed by atoms with Crippen LogP contribution < -0.4 is 5.32 Å². The predicted molar refractivity (Wildman–Crippen MR) is 81.0 cm³/mol. The van der Waals surface area contributed by atoms with Gasteiger partial charge < -0.3 is 15.5 Å². The summed E-state index contributed by atoms with van der Waals surface area (Å²) in [7, 11) is 0. The molecule has 0 amide bonds. The van der Waals surface area contributed by atoms with Crippen LogP contribution in [-0.4, -0.2) is 10.2 Å². The van der Waals surface area contributed by atoms with Gasteiger partial charge in [0.25, 0.3) is 0 Å². The number of benzene rings is 3. The summed E-state index contributed by atoms with van der Waals surface area (Å²) in [6.45, 7) is 0.662. The van der Waals surface area contributed by atoms with E-state index >= 15 is 0 Å². The average molecular weight is 265 g/mol. The Balaban J connectivity index is 1.88. The number of rotatable bonds is 3. The van der Waals surface area contributed by atoms with Gasteiger partial charge in [-0.2, -0.15) is 0 Å². The first-order chi connectivity index (χ1) is 9.74. The maximum atomic E-state index is 9.86. The van der Waals surface area contributed by atoms with Gasteiger partial charge in [0.1, 0.15) is 11.5 Å². The van der Waals surface area contributed by atoms with Crippen LogP contribution in [0, 0.1) is 0 Å². The van der Waals surface area contributed by atoms with Gasteiger partial charge in [-0.15, -0.1) is 0 Å². The first-order valence-corrected chi connectivity index (χ1v) is 6.46. The molecular formula is C17H15NO2. The highest BCUT2D eigenvalue weighted by atomic mass is 16.3. The van der Waals surface area contributed by atoms with Gasteiger partial charge in [-0.05, 0) is 29.8 Å². The topological polar surface area (TPSA) is 52.5 Å². The molecule has 0 unspecified atom stereocenters.